The lowest BCUT2D eigenvalue weighted by Crippen LogP contribution is -2.16. The fourth-order valence-corrected chi connectivity index (χ4v) is 2.07. The Bertz CT molecular complexity index is 132. The van der Waals surface area contributed by atoms with Crippen LogP contribution < -0.4 is 0 Å². The summed E-state index contributed by atoms with van der Waals surface area (Å²) in [7, 11) is 0. The van der Waals surface area contributed by atoms with Crippen molar-refractivity contribution in [2.45, 2.75) is 57.5 Å². The molecule has 13 heavy (non-hydrogen) atoms. The van der Waals surface area contributed by atoms with E-state index in [1.165, 1.54) is 6.42 Å². The van der Waals surface area contributed by atoms with Crippen LogP contribution in [0, 0.1) is 5.92 Å². The summed E-state index contributed by atoms with van der Waals surface area (Å²) in [5.74, 6) is -0.0969. The van der Waals surface area contributed by atoms with Crippen molar-refractivity contribution in [3.05, 3.63) is 0 Å². The van der Waals surface area contributed by atoms with Crippen LogP contribution >= 0.6 is 0 Å². The molecule has 0 N–H and O–H groups in total. The molecule has 1 rings (SSSR count). The van der Waals surface area contributed by atoms with E-state index in [-0.39, 0.29) is 5.92 Å². The van der Waals surface area contributed by atoms with Crippen molar-refractivity contribution in [1.29, 1.82) is 0 Å². The lowest BCUT2D eigenvalue weighted by Gasteiger charge is -2.20. The monoisotopic (exact) mass is 194 g/mol. The van der Waals surface area contributed by atoms with E-state index in [2.05, 4.69) is 0 Å². The van der Waals surface area contributed by atoms with Gasteiger partial charge in [-0.1, -0.05) is 44.9 Å². The maximum Gasteiger partial charge on any atom is 0.389 e. The van der Waals surface area contributed by atoms with E-state index >= 15 is 0 Å². The molecular weight excluding hydrogens is 177 g/mol. The predicted octanol–water partition coefficient (Wildman–Crippen LogP) is 4.30. The molecule has 0 bridgehead atoms. The molecule has 1 aliphatic carbocycles. The molecule has 0 atom stereocenters. The molecule has 0 aromatic rings. The maximum atomic E-state index is 12.1. The van der Waals surface area contributed by atoms with Crippen molar-refractivity contribution in [2.75, 3.05) is 0 Å². The molecule has 0 radical (unpaired) electrons. The van der Waals surface area contributed by atoms with Crippen LogP contribution in [-0.2, 0) is 0 Å². The topological polar surface area (TPSA) is 0 Å². The maximum absolute atomic E-state index is 12.1. The molecule has 0 unspecified atom stereocenters. The molecule has 0 amide bonds. The zero-order valence-corrected chi connectivity index (χ0v) is 7.87. The second-order valence-electron chi connectivity index (χ2n) is 4.03. The molecule has 0 aromatic carbocycles. The summed E-state index contributed by atoms with van der Waals surface area (Å²) in [6, 6.07) is 0. The van der Waals surface area contributed by atoms with Gasteiger partial charge in [0.25, 0.3) is 0 Å². The van der Waals surface area contributed by atoms with E-state index in [0.29, 0.717) is 0 Å². The smallest absolute Gasteiger partial charge is 0.171 e. The molecule has 0 nitrogen and oxygen atoms in total. The Morgan fingerprint density at radius 3 is 1.77 bits per heavy atom. The van der Waals surface area contributed by atoms with E-state index in [9.17, 15) is 13.2 Å². The minimum absolute atomic E-state index is 0.0969. The lowest BCUT2D eigenvalue weighted by molar-refractivity contribution is -0.145. The number of rotatable bonds is 1. The standard InChI is InChI=1S/C10H17F3/c11-10(12,13)8-9-6-4-2-1-3-5-7-9/h9H,1-8H2. The molecule has 1 aliphatic rings. The molecule has 0 spiro atoms. The molecule has 3 heteroatoms. The SMILES string of the molecule is FC(F)(F)CC1CCCCCCC1. The van der Waals surface area contributed by atoms with Gasteiger partial charge in [0, 0.05) is 6.42 Å². The summed E-state index contributed by atoms with van der Waals surface area (Å²) in [5.41, 5.74) is 0. The first-order valence-electron chi connectivity index (χ1n) is 5.15. The van der Waals surface area contributed by atoms with E-state index < -0.39 is 12.6 Å². The average molecular weight is 194 g/mol. The van der Waals surface area contributed by atoms with Gasteiger partial charge >= 0.3 is 6.18 Å². The van der Waals surface area contributed by atoms with E-state index in [1.807, 2.05) is 0 Å². The first-order valence-corrected chi connectivity index (χ1v) is 5.15. The molecule has 0 aliphatic heterocycles. The van der Waals surface area contributed by atoms with Crippen LogP contribution in [-0.4, -0.2) is 6.18 Å². The molecule has 0 aromatic heterocycles. The third-order valence-corrected chi connectivity index (χ3v) is 2.74. The summed E-state index contributed by atoms with van der Waals surface area (Å²) >= 11 is 0. The Morgan fingerprint density at radius 1 is 0.846 bits per heavy atom. The second kappa shape index (κ2) is 4.87. The lowest BCUT2D eigenvalue weighted by atomic mass is 9.89. The van der Waals surface area contributed by atoms with Gasteiger partial charge in [-0.3, -0.25) is 0 Å². The molecular formula is C10H17F3. The Hall–Kier alpha value is -0.210. The van der Waals surface area contributed by atoms with Gasteiger partial charge in [0.05, 0.1) is 0 Å². The fourth-order valence-electron chi connectivity index (χ4n) is 2.07. The van der Waals surface area contributed by atoms with E-state index in [4.69, 9.17) is 0 Å². The fraction of sp³-hybridized carbons (Fsp3) is 1.00. The second-order valence-corrected chi connectivity index (χ2v) is 4.03. The van der Waals surface area contributed by atoms with Gasteiger partial charge in [0.2, 0.25) is 0 Å². The van der Waals surface area contributed by atoms with Gasteiger partial charge in [-0.05, 0) is 5.92 Å². The summed E-state index contributed by atoms with van der Waals surface area (Å²) in [5, 5.41) is 0. The van der Waals surface area contributed by atoms with Crippen molar-refractivity contribution in [1.82, 2.24) is 0 Å². The Kier molecular flexibility index (Phi) is 4.07. The van der Waals surface area contributed by atoms with E-state index in [1.54, 1.807) is 0 Å². The van der Waals surface area contributed by atoms with Crippen molar-refractivity contribution in [3.8, 4) is 0 Å². The van der Waals surface area contributed by atoms with Crippen LogP contribution in [0.1, 0.15) is 51.4 Å². The van der Waals surface area contributed by atoms with Gasteiger partial charge in [-0.15, -0.1) is 0 Å². The van der Waals surface area contributed by atoms with Crippen LogP contribution in [0.4, 0.5) is 13.2 Å². The molecule has 0 saturated heterocycles. The van der Waals surface area contributed by atoms with Crippen LogP contribution in [0.25, 0.3) is 0 Å². The van der Waals surface area contributed by atoms with Crippen molar-refractivity contribution >= 4 is 0 Å². The van der Waals surface area contributed by atoms with Crippen molar-refractivity contribution in [2.24, 2.45) is 5.92 Å². The van der Waals surface area contributed by atoms with Crippen LogP contribution in [0.3, 0.4) is 0 Å². The number of hydrogen-bond donors (Lipinski definition) is 0. The normalized spacial score (nSPS) is 22.4. The summed E-state index contributed by atoms with van der Waals surface area (Å²) in [4.78, 5) is 0. The van der Waals surface area contributed by atoms with Crippen molar-refractivity contribution in [3.63, 3.8) is 0 Å². The van der Waals surface area contributed by atoms with Crippen LogP contribution in [0.5, 0.6) is 0 Å². The highest BCUT2D eigenvalue weighted by atomic mass is 19.4. The van der Waals surface area contributed by atoms with E-state index in [0.717, 1.165) is 38.5 Å². The highest BCUT2D eigenvalue weighted by molar-refractivity contribution is 4.67. The Labute approximate surface area is 77.5 Å². The highest BCUT2D eigenvalue weighted by Gasteiger charge is 2.31. The average Bonchev–Trinajstić information content (AvgIpc) is 1.92. The van der Waals surface area contributed by atoms with Gasteiger partial charge in [0.15, 0.2) is 0 Å². The molecule has 78 valence electrons. The summed E-state index contributed by atoms with van der Waals surface area (Å²) in [6.07, 6.45) is 2.46. The quantitative estimate of drug-likeness (QED) is 0.583. The Morgan fingerprint density at radius 2 is 1.31 bits per heavy atom. The number of hydrogen-bond acceptors (Lipinski definition) is 0. The largest absolute Gasteiger partial charge is 0.389 e. The first-order chi connectivity index (χ1) is 6.08. The number of alkyl halides is 3. The Balaban J connectivity index is 2.29. The van der Waals surface area contributed by atoms with Gasteiger partial charge < -0.3 is 0 Å². The molecule has 1 saturated carbocycles. The van der Waals surface area contributed by atoms with Crippen LogP contribution in [0.2, 0.25) is 0 Å². The predicted molar refractivity (Wildman–Crippen MR) is 46.5 cm³/mol. The third-order valence-electron chi connectivity index (χ3n) is 2.74. The third kappa shape index (κ3) is 5.17. The van der Waals surface area contributed by atoms with Gasteiger partial charge in [0.1, 0.15) is 0 Å². The summed E-state index contributed by atoms with van der Waals surface area (Å²) < 4.78 is 36.2. The van der Waals surface area contributed by atoms with Gasteiger partial charge in [-0.2, -0.15) is 13.2 Å². The molecule has 1 fully saturated rings. The van der Waals surface area contributed by atoms with Crippen LogP contribution in [0.15, 0.2) is 0 Å². The minimum Gasteiger partial charge on any atom is -0.171 e. The highest BCUT2D eigenvalue weighted by Crippen LogP contribution is 2.32. The van der Waals surface area contributed by atoms with Gasteiger partial charge in [-0.25, -0.2) is 0 Å². The summed E-state index contributed by atoms with van der Waals surface area (Å²) in [6.45, 7) is 0. The zero-order valence-electron chi connectivity index (χ0n) is 7.87. The first kappa shape index (κ1) is 10.9. The zero-order chi connectivity index (χ0) is 9.73. The molecule has 0 heterocycles. The number of halogens is 3. The minimum atomic E-state index is -3.95. The van der Waals surface area contributed by atoms with Crippen molar-refractivity contribution < 1.29 is 13.2 Å².